The van der Waals surface area contributed by atoms with Crippen molar-refractivity contribution in [2.75, 3.05) is 7.11 Å². The van der Waals surface area contributed by atoms with E-state index in [9.17, 15) is 22.0 Å². The van der Waals surface area contributed by atoms with Gasteiger partial charge in [-0.2, -0.15) is 0 Å². The first kappa shape index (κ1) is 12.6. The van der Waals surface area contributed by atoms with Gasteiger partial charge in [0.05, 0.1) is 7.11 Å². The number of hydrogen-bond acceptors (Lipinski definition) is 4. The van der Waals surface area contributed by atoms with Crippen molar-refractivity contribution in [2.24, 2.45) is 5.14 Å². The Kier molecular flexibility index (Phi) is 3.29. The zero-order valence-corrected chi connectivity index (χ0v) is 8.85. The van der Waals surface area contributed by atoms with E-state index in [1.807, 2.05) is 4.98 Å². The van der Waals surface area contributed by atoms with Gasteiger partial charge in [-0.05, 0) is 0 Å². The van der Waals surface area contributed by atoms with E-state index in [0.717, 1.165) is 13.3 Å². The van der Waals surface area contributed by atoms with Gasteiger partial charge in [0.2, 0.25) is 5.43 Å². The van der Waals surface area contributed by atoms with E-state index in [1.165, 1.54) is 0 Å². The van der Waals surface area contributed by atoms with Crippen molar-refractivity contribution in [3.8, 4) is 5.75 Å². The summed E-state index contributed by atoms with van der Waals surface area (Å²) < 4.78 is 51.5. The zero-order valence-electron chi connectivity index (χ0n) is 8.03. The highest BCUT2D eigenvalue weighted by Crippen LogP contribution is 2.22. The molecule has 9 heteroatoms. The molecular weight excluding hydrogens is 246 g/mol. The second-order valence-electron chi connectivity index (χ2n) is 2.77. The quantitative estimate of drug-likeness (QED) is 0.790. The van der Waals surface area contributed by atoms with E-state index in [1.54, 1.807) is 0 Å². The summed E-state index contributed by atoms with van der Waals surface area (Å²) in [6.07, 6.45) is -2.42. The average Bonchev–Trinajstić information content (AvgIpc) is 2.15. The first-order valence-electron chi connectivity index (χ1n) is 3.89. The van der Waals surface area contributed by atoms with Crippen LogP contribution in [0.2, 0.25) is 0 Å². The van der Waals surface area contributed by atoms with E-state index in [2.05, 4.69) is 9.88 Å². The van der Waals surface area contributed by atoms with Gasteiger partial charge in [0.15, 0.2) is 10.8 Å². The fraction of sp³-hybridized carbons (Fsp3) is 0.286. The monoisotopic (exact) mass is 254 g/mol. The average molecular weight is 254 g/mol. The normalized spacial score (nSPS) is 11.8. The van der Waals surface area contributed by atoms with Crippen LogP contribution in [0, 0.1) is 0 Å². The van der Waals surface area contributed by atoms with Crippen molar-refractivity contribution in [2.45, 2.75) is 11.5 Å². The number of aromatic nitrogens is 1. The zero-order chi connectivity index (χ0) is 12.5. The maximum Gasteiger partial charge on any atom is 0.270 e. The van der Waals surface area contributed by atoms with Crippen molar-refractivity contribution in [3.63, 3.8) is 0 Å². The van der Waals surface area contributed by atoms with Crippen molar-refractivity contribution < 1.29 is 21.9 Å². The second kappa shape index (κ2) is 4.18. The van der Waals surface area contributed by atoms with Gasteiger partial charge in [-0.25, -0.2) is 22.3 Å². The number of halogens is 2. The van der Waals surface area contributed by atoms with Gasteiger partial charge >= 0.3 is 0 Å². The molecule has 6 nitrogen and oxygen atoms in total. The van der Waals surface area contributed by atoms with Crippen LogP contribution in [0.4, 0.5) is 8.78 Å². The summed E-state index contributed by atoms with van der Waals surface area (Å²) in [6.45, 7) is 0. The fourth-order valence-corrected chi connectivity index (χ4v) is 1.81. The topological polar surface area (TPSA) is 102 Å². The number of aromatic amines is 1. The van der Waals surface area contributed by atoms with Crippen LogP contribution >= 0.6 is 0 Å². The number of ether oxygens (including phenoxy) is 1. The standard InChI is InChI=1S/C7H8F2N2O4S/c1-15-3-2-11-7(16(10,13)14)4(5(3)12)6(8)9/h2,6H,1H3,(H,11,12)(H2,10,13,14). The van der Waals surface area contributed by atoms with Gasteiger partial charge in [0.1, 0.15) is 5.56 Å². The molecule has 0 aromatic carbocycles. The van der Waals surface area contributed by atoms with Gasteiger partial charge < -0.3 is 9.72 Å². The molecule has 0 fully saturated rings. The molecule has 90 valence electrons. The molecule has 0 bridgehead atoms. The molecule has 16 heavy (non-hydrogen) atoms. The van der Waals surface area contributed by atoms with Gasteiger partial charge in [-0.15, -0.1) is 0 Å². The number of H-pyrrole nitrogens is 1. The lowest BCUT2D eigenvalue weighted by atomic mass is 10.3. The molecule has 0 amide bonds. The third kappa shape index (κ3) is 2.19. The van der Waals surface area contributed by atoms with Crippen LogP contribution in [-0.2, 0) is 10.0 Å². The Morgan fingerprint density at radius 2 is 2.06 bits per heavy atom. The Morgan fingerprint density at radius 1 is 1.50 bits per heavy atom. The molecule has 0 spiro atoms. The number of methoxy groups -OCH3 is 1. The van der Waals surface area contributed by atoms with Crippen molar-refractivity contribution in [1.29, 1.82) is 0 Å². The number of hydrogen-bond donors (Lipinski definition) is 2. The first-order valence-corrected chi connectivity index (χ1v) is 5.44. The Labute approximate surface area is 89.1 Å². The SMILES string of the molecule is COc1c[nH]c(S(N)(=O)=O)c(C(F)F)c1=O. The summed E-state index contributed by atoms with van der Waals surface area (Å²) in [5.41, 5.74) is -2.43. The van der Waals surface area contributed by atoms with Gasteiger partial charge in [0.25, 0.3) is 16.4 Å². The Balaban J connectivity index is 3.67. The summed E-state index contributed by atoms with van der Waals surface area (Å²) in [4.78, 5) is 13.4. The van der Waals surface area contributed by atoms with Crippen LogP contribution in [0.15, 0.2) is 16.0 Å². The highest BCUT2D eigenvalue weighted by Gasteiger charge is 2.26. The fourth-order valence-electron chi connectivity index (χ4n) is 1.10. The van der Waals surface area contributed by atoms with Crippen molar-refractivity contribution in [1.82, 2.24) is 4.98 Å². The predicted octanol–water partition coefficient (Wildman–Crippen LogP) is -0.0315. The number of pyridine rings is 1. The number of sulfonamides is 1. The van der Waals surface area contributed by atoms with Crippen molar-refractivity contribution in [3.05, 3.63) is 22.0 Å². The third-order valence-electron chi connectivity index (χ3n) is 1.77. The number of nitrogens with two attached hydrogens (primary N) is 1. The summed E-state index contributed by atoms with van der Waals surface area (Å²) in [5, 5.41) is 3.68. The van der Waals surface area contributed by atoms with Crippen LogP contribution in [-0.4, -0.2) is 20.5 Å². The molecule has 0 saturated carbocycles. The summed E-state index contributed by atoms with van der Waals surface area (Å²) >= 11 is 0. The van der Waals surface area contributed by atoms with E-state index in [4.69, 9.17) is 0 Å². The Hall–Kier alpha value is -1.48. The van der Waals surface area contributed by atoms with Gasteiger partial charge in [-0.1, -0.05) is 0 Å². The molecule has 1 aromatic heterocycles. The van der Waals surface area contributed by atoms with E-state index in [-0.39, 0.29) is 0 Å². The lowest BCUT2D eigenvalue weighted by Crippen LogP contribution is -2.23. The molecule has 0 aliphatic carbocycles. The number of rotatable bonds is 3. The third-order valence-corrected chi connectivity index (χ3v) is 2.68. The van der Waals surface area contributed by atoms with Crippen LogP contribution in [0.1, 0.15) is 12.0 Å². The maximum atomic E-state index is 12.5. The number of primary sulfonamides is 1. The van der Waals surface area contributed by atoms with Gasteiger partial charge in [-0.3, -0.25) is 4.79 Å². The van der Waals surface area contributed by atoms with Crippen LogP contribution in [0.25, 0.3) is 0 Å². The van der Waals surface area contributed by atoms with E-state index < -0.39 is 38.2 Å². The van der Waals surface area contributed by atoms with Gasteiger partial charge in [0, 0.05) is 6.20 Å². The molecule has 0 atom stereocenters. The van der Waals surface area contributed by atoms with Crippen LogP contribution in [0.3, 0.4) is 0 Å². The molecule has 0 aliphatic rings. The molecule has 0 unspecified atom stereocenters. The lowest BCUT2D eigenvalue weighted by Gasteiger charge is -2.07. The number of alkyl halides is 2. The molecule has 1 heterocycles. The van der Waals surface area contributed by atoms with Crippen molar-refractivity contribution >= 4 is 10.0 Å². The molecule has 0 aliphatic heterocycles. The minimum absolute atomic E-state index is 0.414. The minimum atomic E-state index is -4.42. The first-order chi connectivity index (χ1) is 7.29. The Morgan fingerprint density at radius 3 is 2.44 bits per heavy atom. The van der Waals surface area contributed by atoms with E-state index in [0.29, 0.717) is 0 Å². The number of nitrogens with one attached hydrogen (secondary N) is 1. The van der Waals surface area contributed by atoms with Crippen LogP contribution in [0.5, 0.6) is 5.75 Å². The molecule has 1 aromatic rings. The van der Waals surface area contributed by atoms with Crippen LogP contribution < -0.4 is 15.3 Å². The molecular formula is C7H8F2N2O4S. The molecule has 1 rings (SSSR count). The summed E-state index contributed by atoms with van der Waals surface area (Å²) in [5.74, 6) is -0.414. The maximum absolute atomic E-state index is 12.5. The lowest BCUT2D eigenvalue weighted by molar-refractivity contribution is 0.145. The largest absolute Gasteiger partial charge is 0.491 e. The smallest absolute Gasteiger partial charge is 0.270 e. The second-order valence-corrected chi connectivity index (χ2v) is 4.27. The molecule has 3 N–H and O–H groups in total. The highest BCUT2D eigenvalue weighted by molar-refractivity contribution is 7.89. The Bertz CT molecular complexity index is 552. The van der Waals surface area contributed by atoms with E-state index >= 15 is 0 Å². The molecule has 0 saturated heterocycles. The summed E-state index contributed by atoms with van der Waals surface area (Å²) in [6, 6.07) is 0. The minimum Gasteiger partial charge on any atom is -0.491 e. The highest BCUT2D eigenvalue weighted by atomic mass is 32.2. The molecule has 0 radical (unpaired) electrons. The summed E-state index contributed by atoms with van der Waals surface area (Å²) in [7, 11) is -3.32. The predicted molar refractivity (Wildman–Crippen MR) is 49.9 cm³/mol.